The highest BCUT2D eigenvalue weighted by molar-refractivity contribution is 7.16. The molecule has 9 heteroatoms. The fraction of sp³-hybridized carbons (Fsp3) is 0.143. The first-order valence-electron chi connectivity index (χ1n) is 6.61. The molecule has 1 aliphatic rings. The molecule has 8 nitrogen and oxygen atoms in total. The Morgan fingerprint density at radius 3 is 2.78 bits per heavy atom. The topological polar surface area (TPSA) is 103 Å². The minimum absolute atomic E-state index is 0.0182. The number of hydrogen-bond acceptors (Lipinski definition) is 7. The Kier molecular flexibility index (Phi) is 4.20. The Morgan fingerprint density at radius 1 is 1.26 bits per heavy atom. The van der Waals surface area contributed by atoms with E-state index in [1.54, 1.807) is 24.3 Å². The third kappa shape index (κ3) is 3.46. The third-order valence-electron chi connectivity index (χ3n) is 2.95. The second kappa shape index (κ2) is 6.44. The van der Waals surface area contributed by atoms with Crippen LogP contribution in [0.5, 0.6) is 11.5 Å². The summed E-state index contributed by atoms with van der Waals surface area (Å²) in [5, 5.41) is 14.4. The van der Waals surface area contributed by atoms with Gasteiger partial charge in [-0.05, 0) is 24.3 Å². The summed E-state index contributed by atoms with van der Waals surface area (Å²) in [6, 6.07) is 7.79. The van der Waals surface area contributed by atoms with E-state index >= 15 is 0 Å². The molecule has 2 heterocycles. The number of carbonyl (C=O) groups is 1. The van der Waals surface area contributed by atoms with E-state index in [0.29, 0.717) is 35.2 Å². The Labute approximate surface area is 134 Å². The SMILES string of the molecule is O=C(N/N=C\c1ccc([N+](=O)[O-])s1)c1ccc2c(c1)OCCO2. The van der Waals surface area contributed by atoms with Crippen LogP contribution in [0.3, 0.4) is 0 Å². The maximum Gasteiger partial charge on any atom is 0.324 e. The zero-order valence-corrected chi connectivity index (χ0v) is 12.5. The second-order valence-corrected chi connectivity index (χ2v) is 5.58. The van der Waals surface area contributed by atoms with Crippen molar-refractivity contribution < 1.29 is 19.2 Å². The van der Waals surface area contributed by atoms with Crippen molar-refractivity contribution in [2.45, 2.75) is 0 Å². The molecule has 1 aliphatic heterocycles. The highest BCUT2D eigenvalue weighted by atomic mass is 32.1. The molecule has 2 aromatic rings. The normalized spacial score (nSPS) is 13.0. The van der Waals surface area contributed by atoms with E-state index in [1.165, 1.54) is 12.3 Å². The second-order valence-electron chi connectivity index (χ2n) is 4.49. The first-order valence-corrected chi connectivity index (χ1v) is 7.42. The van der Waals surface area contributed by atoms with Crippen molar-refractivity contribution in [2.24, 2.45) is 5.10 Å². The van der Waals surface area contributed by atoms with Crippen molar-refractivity contribution >= 4 is 28.5 Å². The number of hydrazone groups is 1. The van der Waals surface area contributed by atoms with Gasteiger partial charge in [0.1, 0.15) is 13.2 Å². The van der Waals surface area contributed by atoms with Crippen LogP contribution in [0.15, 0.2) is 35.4 Å². The molecule has 1 aromatic carbocycles. The summed E-state index contributed by atoms with van der Waals surface area (Å²) < 4.78 is 10.8. The lowest BCUT2D eigenvalue weighted by molar-refractivity contribution is -0.380. The van der Waals surface area contributed by atoms with Crippen LogP contribution in [0.1, 0.15) is 15.2 Å². The van der Waals surface area contributed by atoms with Crippen molar-refractivity contribution in [2.75, 3.05) is 13.2 Å². The Morgan fingerprint density at radius 2 is 2.04 bits per heavy atom. The van der Waals surface area contributed by atoms with E-state index in [2.05, 4.69) is 10.5 Å². The molecule has 0 unspecified atom stereocenters. The molecule has 0 saturated carbocycles. The van der Waals surface area contributed by atoms with Gasteiger partial charge in [-0.3, -0.25) is 14.9 Å². The Balaban J connectivity index is 1.64. The molecule has 0 aliphatic carbocycles. The monoisotopic (exact) mass is 333 g/mol. The van der Waals surface area contributed by atoms with Gasteiger partial charge in [-0.25, -0.2) is 5.43 Å². The predicted octanol–water partition coefficient (Wildman–Crippen LogP) is 2.19. The van der Waals surface area contributed by atoms with Crippen molar-refractivity contribution in [3.63, 3.8) is 0 Å². The number of hydrogen-bond donors (Lipinski definition) is 1. The number of nitrogens with zero attached hydrogens (tertiary/aromatic N) is 2. The zero-order chi connectivity index (χ0) is 16.2. The number of carbonyl (C=O) groups excluding carboxylic acids is 1. The molecule has 1 amide bonds. The van der Waals surface area contributed by atoms with E-state index in [-0.39, 0.29) is 5.00 Å². The summed E-state index contributed by atoms with van der Waals surface area (Å²) in [7, 11) is 0. The lowest BCUT2D eigenvalue weighted by Crippen LogP contribution is -2.19. The van der Waals surface area contributed by atoms with E-state index in [1.807, 2.05) is 0 Å². The van der Waals surface area contributed by atoms with Gasteiger partial charge in [0.05, 0.1) is 16.0 Å². The fourth-order valence-electron chi connectivity index (χ4n) is 1.91. The summed E-state index contributed by atoms with van der Waals surface area (Å²) in [6.07, 6.45) is 1.35. The standard InChI is InChI=1S/C14H11N3O5S/c18-14(9-1-3-11-12(7-9)22-6-5-21-11)16-15-8-10-2-4-13(23-10)17(19)20/h1-4,7-8H,5-6H2,(H,16,18)/b15-8-. The summed E-state index contributed by atoms with van der Waals surface area (Å²) in [6.45, 7) is 0.920. The zero-order valence-electron chi connectivity index (χ0n) is 11.7. The minimum atomic E-state index is -0.476. The highest BCUT2D eigenvalue weighted by Gasteiger charge is 2.14. The first-order chi connectivity index (χ1) is 11.1. The highest BCUT2D eigenvalue weighted by Crippen LogP contribution is 2.30. The summed E-state index contributed by atoms with van der Waals surface area (Å²) in [4.78, 5) is 22.7. The smallest absolute Gasteiger partial charge is 0.324 e. The molecular formula is C14H11N3O5S. The molecule has 1 N–H and O–H groups in total. The van der Waals surface area contributed by atoms with E-state index in [0.717, 1.165) is 11.3 Å². The molecule has 1 aromatic heterocycles. The van der Waals surface area contributed by atoms with Crippen LogP contribution < -0.4 is 14.9 Å². The number of nitrogens with one attached hydrogen (secondary N) is 1. The van der Waals surface area contributed by atoms with Crippen LogP contribution in [0.4, 0.5) is 5.00 Å². The molecule has 0 saturated heterocycles. The van der Waals surface area contributed by atoms with Crippen LogP contribution in [0, 0.1) is 10.1 Å². The quantitative estimate of drug-likeness (QED) is 0.525. The van der Waals surface area contributed by atoms with Crippen LogP contribution in [0.25, 0.3) is 0 Å². The van der Waals surface area contributed by atoms with Crippen molar-refractivity contribution in [3.05, 3.63) is 50.9 Å². The molecule has 0 fully saturated rings. The van der Waals surface area contributed by atoms with Crippen LogP contribution >= 0.6 is 11.3 Å². The summed E-state index contributed by atoms with van der Waals surface area (Å²) >= 11 is 0.971. The van der Waals surface area contributed by atoms with Gasteiger partial charge in [-0.15, -0.1) is 0 Å². The number of nitro groups is 1. The number of thiophene rings is 1. The molecule has 118 valence electrons. The Bertz CT molecular complexity index is 786. The Hall–Kier alpha value is -2.94. The first kappa shape index (κ1) is 15.0. The maximum atomic E-state index is 12.0. The molecular weight excluding hydrogens is 322 g/mol. The van der Waals surface area contributed by atoms with Gasteiger partial charge < -0.3 is 9.47 Å². The largest absolute Gasteiger partial charge is 0.486 e. The molecule has 0 bridgehead atoms. The number of ether oxygens (including phenoxy) is 2. The number of benzene rings is 1. The van der Waals surface area contributed by atoms with Gasteiger partial charge in [0, 0.05) is 11.6 Å². The molecule has 0 spiro atoms. The number of fused-ring (bicyclic) bond motifs is 1. The molecule has 0 atom stereocenters. The fourth-order valence-corrected chi connectivity index (χ4v) is 2.61. The molecule has 0 radical (unpaired) electrons. The molecule has 23 heavy (non-hydrogen) atoms. The van der Waals surface area contributed by atoms with E-state index < -0.39 is 10.8 Å². The number of rotatable bonds is 4. The van der Waals surface area contributed by atoms with E-state index in [4.69, 9.17) is 9.47 Å². The van der Waals surface area contributed by atoms with Gasteiger partial charge >= 0.3 is 5.00 Å². The van der Waals surface area contributed by atoms with Crippen LogP contribution in [-0.2, 0) is 0 Å². The van der Waals surface area contributed by atoms with Crippen molar-refractivity contribution in [1.29, 1.82) is 0 Å². The average Bonchev–Trinajstić information content (AvgIpc) is 3.03. The third-order valence-corrected chi connectivity index (χ3v) is 3.93. The van der Waals surface area contributed by atoms with Crippen molar-refractivity contribution in [3.8, 4) is 11.5 Å². The predicted molar refractivity (Wildman–Crippen MR) is 83.5 cm³/mol. The maximum absolute atomic E-state index is 12.0. The lowest BCUT2D eigenvalue weighted by Gasteiger charge is -2.18. The van der Waals surface area contributed by atoms with Crippen LogP contribution in [0.2, 0.25) is 0 Å². The molecule has 3 rings (SSSR count). The number of amides is 1. The lowest BCUT2D eigenvalue weighted by atomic mass is 10.2. The van der Waals surface area contributed by atoms with Gasteiger partial charge in [0.2, 0.25) is 0 Å². The minimum Gasteiger partial charge on any atom is -0.486 e. The van der Waals surface area contributed by atoms with Gasteiger partial charge in [0.25, 0.3) is 5.91 Å². The van der Waals surface area contributed by atoms with Crippen molar-refractivity contribution in [1.82, 2.24) is 5.43 Å². The van der Waals surface area contributed by atoms with Gasteiger partial charge in [0.15, 0.2) is 11.5 Å². The van der Waals surface area contributed by atoms with Gasteiger partial charge in [-0.2, -0.15) is 5.10 Å². The van der Waals surface area contributed by atoms with Gasteiger partial charge in [-0.1, -0.05) is 11.3 Å². The van der Waals surface area contributed by atoms with Crippen LogP contribution in [-0.4, -0.2) is 30.3 Å². The average molecular weight is 333 g/mol. The summed E-state index contributed by atoms with van der Waals surface area (Å²) in [5.41, 5.74) is 2.74. The summed E-state index contributed by atoms with van der Waals surface area (Å²) in [5.74, 6) is 0.702. The van der Waals surface area contributed by atoms with E-state index in [9.17, 15) is 14.9 Å².